The molecule has 0 rings (SSSR count). The second kappa shape index (κ2) is 66.7. The quantitative estimate of drug-likeness (QED) is 0.0261. The monoisotopic (exact) mass is 1090 g/mol. The fourth-order valence-corrected chi connectivity index (χ4v) is 11.0. The van der Waals surface area contributed by atoms with Gasteiger partial charge in [-0.3, -0.25) is 14.4 Å². The summed E-state index contributed by atoms with van der Waals surface area (Å²) < 4.78 is 17.0. The number of esters is 3. The highest BCUT2D eigenvalue weighted by Gasteiger charge is 2.19. The normalized spacial score (nSPS) is 12.0. The lowest BCUT2D eigenvalue weighted by Gasteiger charge is -2.18. The number of allylic oxidation sites excluding steroid dienone is 2. The maximum Gasteiger partial charge on any atom is 0.306 e. The highest BCUT2D eigenvalue weighted by atomic mass is 16.6. The van der Waals surface area contributed by atoms with E-state index in [9.17, 15) is 14.4 Å². The summed E-state index contributed by atoms with van der Waals surface area (Å²) in [5, 5.41) is 0. The predicted molar refractivity (Wildman–Crippen MR) is 335 cm³/mol. The lowest BCUT2D eigenvalue weighted by atomic mass is 10.0. The number of rotatable bonds is 66. The van der Waals surface area contributed by atoms with Gasteiger partial charge in [0.1, 0.15) is 13.2 Å². The molecule has 0 spiro atoms. The van der Waals surface area contributed by atoms with Crippen molar-refractivity contribution in [2.24, 2.45) is 0 Å². The molecule has 0 fully saturated rings. The average molecular weight is 1090 g/mol. The third-order valence-corrected chi connectivity index (χ3v) is 16.3. The van der Waals surface area contributed by atoms with Crippen LogP contribution < -0.4 is 0 Å². The lowest BCUT2D eigenvalue weighted by molar-refractivity contribution is -0.167. The van der Waals surface area contributed by atoms with E-state index in [1.54, 1.807) is 0 Å². The minimum absolute atomic E-state index is 0.0658. The number of carbonyl (C=O) groups is 3. The molecule has 0 aromatic rings. The summed E-state index contributed by atoms with van der Waals surface area (Å²) in [6.45, 7) is 6.71. The zero-order chi connectivity index (χ0) is 55.7. The van der Waals surface area contributed by atoms with Crippen LogP contribution in [0.5, 0.6) is 0 Å². The zero-order valence-corrected chi connectivity index (χ0v) is 52.5. The van der Waals surface area contributed by atoms with Crippen LogP contribution in [0.1, 0.15) is 406 Å². The SMILES string of the molecule is CCCCCCC/C=C\CCCCCCCC(=O)OCC(COC(=O)CCCCCCCCCCCCCCCCCCCCCCCCCCCCCCC)OC(=O)CCCCCCCCCCCCCCCCCC. The second-order valence-corrected chi connectivity index (χ2v) is 24.2. The third-order valence-electron chi connectivity index (χ3n) is 16.3. The summed E-state index contributed by atoms with van der Waals surface area (Å²) in [5.74, 6) is -0.841. The molecule has 0 aliphatic carbocycles. The predicted octanol–water partition coefficient (Wildman–Crippen LogP) is 24.0. The molecular weight excluding hydrogens is 949 g/mol. The molecule has 0 N–H and O–H groups in total. The van der Waals surface area contributed by atoms with Crippen molar-refractivity contribution in [2.45, 2.75) is 412 Å². The molecule has 6 heteroatoms. The van der Waals surface area contributed by atoms with Crippen LogP contribution in [0.2, 0.25) is 0 Å². The van der Waals surface area contributed by atoms with Crippen LogP contribution in [0.4, 0.5) is 0 Å². The Balaban J connectivity index is 4.14. The number of carbonyl (C=O) groups excluding carboxylic acids is 3. The molecule has 0 radical (unpaired) electrons. The molecule has 0 aromatic heterocycles. The van der Waals surface area contributed by atoms with Crippen LogP contribution in [0.3, 0.4) is 0 Å². The minimum atomic E-state index is -0.769. The van der Waals surface area contributed by atoms with Gasteiger partial charge in [0.2, 0.25) is 0 Å². The molecule has 0 amide bonds. The molecule has 0 bridgehead atoms. The first kappa shape index (κ1) is 75.2. The summed E-state index contributed by atoms with van der Waals surface area (Å²) in [6, 6.07) is 0. The van der Waals surface area contributed by atoms with Crippen LogP contribution in [0.25, 0.3) is 0 Å². The number of hydrogen-bond donors (Lipinski definition) is 0. The molecule has 0 saturated heterocycles. The Morgan fingerprint density at radius 2 is 0.429 bits per heavy atom. The Kier molecular flexibility index (Phi) is 65.1. The van der Waals surface area contributed by atoms with E-state index < -0.39 is 6.10 Å². The van der Waals surface area contributed by atoms with Crippen molar-refractivity contribution in [3.05, 3.63) is 12.2 Å². The maximum atomic E-state index is 12.9. The van der Waals surface area contributed by atoms with Gasteiger partial charge in [-0.1, -0.05) is 354 Å². The van der Waals surface area contributed by atoms with E-state index >= 15 is 0 Å². The molecule has 77 heavy (non-hydrogen) atoms. The van der Waals surface area contributed by atoms with Crippen LogP contribution in [-0.4, -0.2) is 37.2 Å². The van der Waals surface area contributed by atoms with E-state index in [0.29, 0.717) is 19.3 Å². The van der Waals surface area contributed by atoms with Gasteiger partial charge in [-0.15, -0.1) is 0 Å². The maximum absolute atomic E-state index is 12.9. The number of hydrogen-bond acceptors (Lipinski definition) is 6. The van der Waals surface area contributed by atoms with Gasteiger partial charge in [0.25, 0.3) is 0 Å². The standard InChI is InChI=1S/C71H136O6/c1-4-7-10-13-16-19-22-25-28-30-31-32-33-34-35-36-37-38-39-40-41-42-44-46-49-52-55-58-61-64-70(73)76-67-68(66-75-69(72)63-60-57-54-51-48-45-27-24-21-18-15-12-9-6-3)77-71(74)65-62-59-56-53-50-47-43-29-26-23-20-17-14-11-8-5-2/h24,27,68H,4-23,25-26,28-67H2,1-3H3/b27-24-. The Labute approximate surface area is 481 Å². The highest BCUT2D eigenvalue weighted by Crippen LogP contribution is 2.19. The van der Waals surface area contributed by atoms with Crippen LogP contribution >= 0.6 is 0 Å². The molecular formula is C71H136O6. The summed E-state index contributed by atoms with van der Waals surface area (Å²) in [6.07, 6.45) is 79.6. The third kappa shape index (κ3) is 64.9. The highest BCUT2D eigenvalue weighted by molar-refractivity contribution is 5.71. The molecule has 0 aliphatic rings. The van der Waals surface area contributed by atoms with Gasteiger partial charge in [-0.25, -0.2) is 0 Å². The summed E-state index contributed by atoms with van der Waals surface area (Å²) in [5.41, 5.74) is 0. The molecule has 456 valence electrons. The summed E-state index contributed by atoms with van der Waals surface area (Å²) >= 11 is 0. The Bertz CT molecular complexity index is 1200. The minimum Gasteiger partial charge on any atom is -0.462 e. The van der Waals surface area contributed by atoms with E-state index in [0.717, 1.165) is 64.2 Å². The first-order valence-electron chi connectivity index (χ1n) is 35.2. The molecule has 0 saturated carbocycles. The van der Waals surface area contributed by atoms with Crippen LogP contribution in [-0.2, 0) is 28.6 Å². The fraction of sp³-hybridized carbons (Fsp3) is 0.930. The lowest BCUT2D eigenvalue weighted by Crippen LogP contribution is -2.30. The van der Waals surface area contributed by atoms with E-state index in [4.69, 9.17) is 14.2 Å². The summed E-state index contributed by atoms with van der Waals surface area (Å²) in [4.78, 5) is 38.4. The van der Waals surface area contributed by atoms with Gasteiger partial charge in [-0.05, 0) is 44.9 Å². The largest absolute Gasteiger partial charge is 0.462 e. The zero-order valence-electron chi connectivity index (χ0n) is 52.5. The van der Waals surface area contributed by atoms with E-state index in [2.05, 4.69) is 32.9 Å². The van der Waals surface area contributed by atoms with Crippen molar-refractivity contribution in [3.63, 3.8) is 0 Å². The first-order valence-corrected chi connectivity index (χ1v) is 35.2. The smallest absolute Gasteiger partial charge is 0.306 e. The van der Waals surface area contributed by atoms with Crippen molar-refractivity contribution in [1.29, 1.82) is 0 Å². The van der Waals surface area contributed by atoms with Crippen molar-refractivity contribution >= 4 is 17.9 Å². The van der Waals surface area contributed by atoms with Crippen molar-refractivity contribution in [2.75, 3.05) is 13.2 Å². The Hall–Kier alpha value is -1.85. The van der Waals surface area contributed by atoms with E-state index in [1.807, 2.05) is 0 Å². The number of ether oxygens (including phenoxy) is 3. The first-order chi connectivity index (χ1) is 38.0. The molecule has 0 heterocycles. The van der Waals surface area contributed by atoms with Crippen molar-refractivity contribution in [1.82, 2.24) is 0 Å². The number of unbranched alkanes of at least 4 members (excludes halogenated alkanes) is 53. The fourth-order valence-electron chi connectivity index (χ4n) is 11.0. The van der Waals surface area contributed by atoms with Crippen molar-refractivity contribution < 1.29 is 28.6 Å². The molecule has 0 aliphatic heterocycles. The van der Waals surface area contributed by atoms with Gasteiger partial charge in [-0.2, -0.15) is 0 Å². The van der Waals surface area contributed by atoms with E-state index in [-0.39, 0.29) is 31.1 Å². The molecule has 1 atom stereocenters. The molecule has 0 aromatic carbocycles. The van der Waals surface area contributed by atoms with E-state index in [1.165, 1.54) is 302 Å². The van der Waals surface area contributed by atoms with Gasteiger partial charge >= 0.3 is 17.9 Å². The molecule has 6 nitrogen and oxygen atoms in total. The average Bonchev–Trinajstić information content (AvgIpc) is 3.43. The Morgan fingerprint density at radius 3 is 0.649 bits per heavy atom. The Morgan fingerprint density at radius 1 is 0.247 bits per heavy atom. The van der Waals surface area contributed by atoms with Gasteiger partial charge < -0.3 is 14.2 Å². The molecule has 1 unspecified atom stereocenters. The van der Waals surface area contributed by atoms with Crippen molar-refractivity contribution in [3.8, 4) is 0 Å². The van der Waals surface area contributed by atoms with Gasteiger partial charge in [0.15, 0.2) is 6.10 Å². The second-order valence-electron chi connectivity index (χ2n) is 24.2. The van der Waals surface area contributed by atoms with Crippen LogP contribution in [0, 0.1) is 0 Å². The van der Waals surface area contributed by atoms with Gasteiger partial charge in [0.05, 0.1) is 0 Å². The van der Waals surface area contributed by atoms with Crippen LogP contribution in [0.15, 0.2) is 12.2 Å². The topological polar surface area (TPSA) is 78.9 Å². The van der Waals surface area contributed by atoms with Gasteiger partial charge in [0, 0.05) is 19.3 Å². The summed E-state index contributed by atoms with van der Waals surface area (Å²) in [7, 11) is 0.